The second kappa shape index (κ2) is 12.9. The normalized spacial score (nSPS) is 23.8. The molecule has 7 rings (SSSR count). The number of ether oxygens (including phenoxy) is 1. The van der Waals surface area contributed by atoms with Crippen LogP contribution in [0.4, 0.5) is 0 Å². The predicted octanol–water partition coefficient (Wildman–Crippen LogP) is 3.71. The lowest BCUT2D eigenvalue weighted by Gasteiger charge is -2.43. The van der Waals surface area contributed by atoms with Crippen LogP contribution >= 0.6 is 11.3 Å². The summed E-state index contributed by atoms with van der Waals surface area (Å²) in [6, 6.07) is 11.9. The second-order valence-corrected chi connectivity index (χ2v) is 13.5. The largest absolute Gasteiger partial charge is 0.488 e. The van der Waals surface area contributed by atoms with E-state index < -0.39 is 29.7 Å². The Hall–Kier alpha value is -4.58. The van der Waals surface area contributed by atoms with E-state index in [1.165, 1.54) is 16.2 Å². The molecule has 0 spiro atoms. The van der Waals surface area contributed by atoms with Gasteiger partial charge in [0.2, 0.25) is 11.8 Å². The van der Waals surface area contributed by atoms with Crippen LogP contribution in [0.2, 0.25) is 0 Å². The third kappa shape index (κ3) is 5.68. The Bertz CT molecular complexity index is 1690. The lowest BCUT2D eigenvalue weighted by atomic mass is 9.77. The van der Waals surface area contributed by atoms with Crippen molar-refractivity contribution in [2.24, 2.45) is 11.8 Å². The maximum Gasteiger partial charge on any atom is 0.265 e. The summed E-state index contributed by atoms with van der Waals surface area (Å²) in [6.07, 6.45) is 5.46. The van der Waals surface area contributed by atoms with Gasteiger partial charge in [0.05, 0.1) is 42.0 Å². The van der Waals surface area contributed by atoms with Gasteiger partial charge in [-0.25, -0.2) is 0 Å². The molecule has 0 bridgehead atoms. The molecule has 4 heterocycles. The molecule has 3 aliphatic heterocycles. The van der Waals surface area contributed by atoms with Gasteiger partial charge in [0.1, 0.15) is 16.7 Å². The van der Waals surface area contributed by atoms with Gasteiger partial charge in [0, 0.05) is 44.0 Å². The highest BCUT2D eigenvalue weighted by atomic mass is 32.1. The van der Waals surface area contributed by atoms with Crippen molar-refractivity contribution in [1.82, 2.24) is 25.0 Å². The molecular formula is C35H37N5O6S. The van der Waals surface area contributed by atoms with Crippen molar-refractivity contribution in [3.8, 4) is 5.75 Å². The van der Waals surface area contributed by atoms with E-state index in [0.29, 0.717) is 67.1 Å². The van der Waals surface area contributed by atoms with Gasteiger partial charge >= 0.3 is 0 Å². The lowest BCUT2D eigenvalue weighted by Crippen LogP contribution is -2.51. The molecule has 11 nitrogen and oxygen atoms in total. The van der Waals surface area contributed by atoms with E-state index in [2.05, 4.69) is 10.3 Å². The number of carbonyl (C=O) groups is 5. The van der Waals surface area contributed by atoms with Gasteiger partial charge in [-0.1, -0.05) is 37.1 Å². The summed E-state index contributed by atoms with van der Waals surface area (Å²) in [5.41, 5.74) is 4.08. The predicted molar refractivity (Wildman–Crippen MR) is 173 cm³/mol. The highest BCUT2D eigenvalue weighted by Crippen LogP contribution is 2.42. The van der Waals surface area contributed by atoms with Gasteiger partial charge in [-0.3, -0.25) is 33.9 Å². The first kappa shape index (κ1) is 31.0. The van der Waals surface area contributed by atoms with E-state index in [1.54, 1.807) is 52.8 Å². The van der Waals surface area contributed by atoms with Gasteiger partial charge in [0.25, 0.3) is 17.7 Å². The summed E-state index contributed by atoms with van der Waals surface area (Å²) in [4.78, 5) is 77.0. The zero-order chi connectivity index (χ0) is 32.7. The first-order chi connectivity index (χ1) is 22.9. The molecule has 0 radical (unpaired) electrons. The highest BCUT2D eigenvalue weighted by Gasteiger charge is 2.45. The van der Waals surface area contributed by atoms with E-state index in [0.717, 1.165) is 24.0 Å². The van der Waals surface area contributed by atoms with Gasteiger partial charge in [-0.2, -0.15) is 0 Å². The van der Waals surface area contributed by atoms with Gasteiger partial charge in [-0.15, -0.1) is 11.3 Å². The molecule has 2 fully saturated rings. The number of carbonyl (C=O) groups excluding carboxylic acids is 5. The van der Waals surface area contributed by atoms with Crippen molar-refractivity contribution >= 4 is 40.9 Å². The molecule has 3 unspecified atom stereocenters. The molecule has 4 aliphatic rings. The molecule has 5 amide bonds. The summed E-state index contributed by atoms with van der Waals surface area (Å²) in [7, 11) is 1.60. The number of likely N-dealkylation sites (tertiary alicyclic amines) is 1. The monoisotopic (exact) mass is 655 g/mol. The Morgan fingerprint density at radius 3 is 2.40 bits per heavy atom. The van der Waals surface area contributed by atoms with Gasteiger partial charge in [0.15, 0.2) is 0 Å². The minimum absolute atomic E-state index is 0.0382. The van der Waals surface area contributed by atoms with Crippen LogP contribution in [-0.2, 0) is 16.0 Å². The van der Waals surface area contributed by atoms with Crippen molar-refractivity contribution in [2.75, 3.05) is 33.2 Å². The minimum Gasteiger partial charge on any atom is -0.488 e. The first-order valence-corrected chi connectivity index (χ1v) is 17.2. The van der Waals surface area contributed by atoms with E-state index in [-0.39, 0.29) is 30.4 Å². The van der Waals surface area contributed by atoms with E-state index >= 15 is 0 Å². The number of imide groups is 1. The number of hydrogen-bond donors (Lipinski definition) is 1. The number of fused-ring (bicyclic) bond motifs is 2. The van der Waals surface area contributed by atoms with Crippen molar-refractivity contribution in [3.63, 3.8) is 0 Å². The smallest absolute Gasteiger partial charge is 0.265 e. The van der Waals surface area contributed by atoms with Crippen LogP contribution in [-0.4, -0.2) is 88.6 Å². The Labute approximate surface area is 276 Å². The van der Waals surface area contributed by atoms with Crippen LogP contribution in [0.1, 0.15) is 79.7 Å². The number of hydrogen-bond acceptors (Lipinski definition) is 8. The minimum atomic E-state index is -0.673. The molecule has 3 aromatic rings. The summed E-state index contributed by atoms with van der Waals surface area (Å²) in [6.45, 7) is 1.30. The molecule has 1 saturated carbocycles. The fourth-order valence-corrected chi connectivity index (χ4v) is 8.26. The summed E-state index contributed by atoms with van der Waals surface area (Å²) in [5.74, 6) is -1.49. The maximum absolute atomic E-state index is 14.5. The van der Waals surface area contributed by atoms with Crippen LogP contribution in [0.5, 0.6) is 5.75 Å². The fourth-order valence-electron chi connectivity index (χ4n) is 7.68. The second-order valence-electron chi connectivity index (χ2n) is 12.6. The number of aromatic nitrogens is 1. The highest BCUT2D eigenvalue weighted by molar-refractivity contribution is 7.11. The Morgan fingerprint density at radius 2 is 1.70 bits per heavy atom. The quantitative estimate of drug-likeness (QED) is 0.385. The lowest BCUT2D eigenvalue weighted by molar-refractivity contribution is -0.146. The first-order valence-electron chi connectivity index (χ1n) is 16.3. The van der Waals surface area contributed by atoms with Crippen LogP contribution < -0.4 is 10.1 Å². The summed E-state index contributed by atoms with van der Waals surface area (Å²) in [5, 5.41) is 2.74. The van der Waals surface area contributed by atoms with Gasteiger partial charge < -0.3 is 19.9 Å². The molecular weight excluding hydrogens is 618 g/mol. The SMILES string of the molecule is CNC(=O)C1CCCCC1C(=O)N1CCc2cccc(OC3CCN(C(=O)c4cncs4)C3)c2[C@H]1CN1C(=O)c2ccccc2C1=O. The van der Waals surface area contributed by atoms with E-state index in [4.69, 9.17) is 4.74 Å². The Morgan fingerprint density at radius 1 is 0.957 bits per heavy atom. The third-order valence-corrected chi connectivity index (χ3v) is 10.8. The molecule has 4 atom stereocenters. The topological polar surface area (TPSA) is 129 Å². The number of nitrogens with zero attached hydrogens (tertiary/aromatic N) is 4. The third-order valence-electron chi connectivity index (χ3n) is 10.0. The molecule has 47 heavy (non-hydrogen) atoms. The molecule has 1 N–H and O–H groups in total. The number of nitrogens with one attached hydrogen (secondary N) is 1. The molecule has 12 heteroatoms. The van der Waals surface area contributed by atoms with E-state index in [1.807, 2.05) is 18.2 Å². The zero-order valence-electron chi connectivity index (χ0n) is 26.2. The summed E-state index contributed by atoms with van der Waals surface area (Å²) < 4.78 is 6.64. The molecule has 1 aromatic heterocycles. The average molecular weight is 656 g/mol. The fraction of sp³-hybridized carbons (Fsp3) is 0.429. The van der Waals surface area contributed by atoms with Crippen molar-refractivity contribution < 1.29 is 28.7 Å². The van der Waals surface area contributed by atoms with Crippen molar-refractivity contribution in [2.45, 2.75) is 50.7 Å². The molecule has 244 valence electrons. The number of benzene rings is 2. The standard InChI is InChI=1S/C35H37N5O6S/c1-36-31(41)23-8-2-3-9-24(23)32(42)39-16-13-21-7-6-12-28(46-22-14-15-38(18-22)35(45)29-17-37-20-47-29)30(21)27(39)19-40-33(43)25-10-4-5-11-26(25)34(40)44/h4-7,10-12,17,20,22-24,27H,2-3,8-9,13-16,18-19H2,1H3,(H,36,41)/t22?,23?,24?,27-/m1/s1. The van der Waals surface area contributed by atoms with Crippen LogP contribution in [0.15, 0.2) is 54.2 Å². The Balaban J connectivity index is 1.22. The number of rotatable bonds is 7. The van der Waals surface area contributed by atoms with E-state index in [9.17, 15) is 24.0 Å². The van der Waals surface area contributed by atoms with Crippen LogP contribution in [0.3, 0.4) is 0 Å². The number of thiazole rings is 1. The summed E-state index contributed by atoms with van der Waals surface area (Å²) >= 11 is 1.31. The molecule has 1 aliphatic carbocycles. The zero-order valence-corrected chi connectivity index (χ0v) is 27.0. The Kier molecular flexibility index (Phi) is 8.52. The van der Waals surface area contributed by atoms with Gasteiger partial charge in [-0.05, 0) is 43.0 Å². The van der Waals surface area contributed by atoms with Crippen LogP contribution in [0, 0.1) is 11.8 Å². The molecule has 1 saturated heterocycles. The maximum atomic E-state index is 14.5. The van der Waals surface area contributed by atoms with Crippen molar-refractivity contribution in [3.05, 3.63) is 81.3 Å². The van der Waals surface area contributed by atoms with Crippen molar-refractivity contribution in [1.29, 1.82) is 0 Å². The average Bonchev–Trinajstić information content (AvgIpc) is 3.86. The number of amides is 5. The molecule has 2 aromatic carbocycles. The van der Waals surface area contributed by atoms with Crippen LogP contribution in [0.25, 0.3) is 0 Å².